The zero-order valence-electron chi connectivity index (χ0n) is 17.2. The first-order valence-electron chi connectivity index (χ1n) is 11.4. The van der Waals surface area contributed by atoms with Crippen molar-refractivity contribution in [1.82, 2.24) is 10.6 Å². The van der Waals surface area contributed by atoms with E-state index in [-0.39, 0.29) is 17.4 Å². The number of carbonyl (C=O) groups is 2. The Morgan fingerprint density at radius 1 is 0.933 bits per heavy atom. The summed E-state index contributed by atoms with van der Waals surface area (Å²) in [4.78, 5) is 25.7. The van der Waals surface area contributed by atoms with Crippen molar-refractivity contribution >= 4 is 11.9 Å². The molecule has 0 radical (unpaired) electrons. The van der Waals surface area contributed by atoms with Crippen molar-refractivity contribution in [2.24, 2.45) is 11.3 Å². The molecular weight excluding hydrogens is 372 g/mol. The molecule has 3 fully saturated rings. The van der Waals surface area contributed by atoms with Gasteiger partial charge in [0, 0.05) is 5.41 Å². The third-order valence-corrected chi connectivity index (χ3v) is 8.21. The molecule has 1 heterocycles. The van der Waals surface area contributed by atoms with E-state index < -0.39 is 5.54 Å². The van der Waals surface area contributed by atoms with Crippen LogP contribution in [-0.2, 0) is 23.2 Å². The van der Waals surface area contributed by atoms with E-state index >= 15 is 0 Å². The molecule has 2 spiro atoms. The second kappa shape index (κ2) is 6.44. The Labute approximate surface area is 177 Å². The van der Waals surface area contributed by atoms with Gasteiger partial charge in [0.05, 0.1) is 0 Å². The molecule has 0 aromatic heterocycles. The van der Waals surface area contributed by atoms with E-state index in [1.54, 1.807) is 0 Å². The predicted octanol–water partition coefficient (Wildman–Crippen LogP) is 4.57. The number of hydrogen-bond donors (Lipinski definition) is 2. The molecule has 4 nitrogen and oxygen atoms in total. The van der Waals surface area contributed by atoms with Gasteiger partial charge in [-0.2, -0.15) is 0 Å². The standard InChI is InChI=1S/C26H28N2O2/c29-23-26(28-24(30)27-23)22-15-20(19-6-7-19)8-9-21(22)16-25(26)12-10-18(11-13-25)14-17-4-2-1-3-5-17/h1-5,8-9,15,18-19H,6-7,10-14,16H2,(H2,27,28,29,30). The summed E-state index contributed by atoms with van der Waals surface area (Å²) in [6.07, 6.45) is 8.61. The lowest BCUT2D eigenvalue weighted by Crippen LogP contribution is -2.56. The second-order valence-electron chi connectivity index (χ2n) is 9.94. The first kappa shape index (κ1) is 18.2. The Bertz CT molecular complexity index is 1020. The Balaban J connectivity index is 1.33. The average Bonchev–Trinajstić information content (AvgIpc) is 3.51. The molecule has 1 unspecified atom stereocenters. The topological polar surface area (TPSA) is 58.2 Å². The molecule has 3 amide bonds. The van der Waals surface area contributed by atoms with Gasteiger partial charge in [-0.1, -0.05) is 48.5 Å². The lowest BCUT2D eigenvalue weighted by molar-refractivity contribution is -0.130. The maximum atomic E-state index is 13.3. The average molecular weight is 401 g/mol. The van der Waals surface area contributed by atoms with Gasteiger partial charge in [-0.15, -0.1) is 0 Å². The highest BCUT2D eigenvalue weighted by molar-refractivity contribution is 6.08. The highest BCUT2D eigenvalue weighted by atomic mass is 16.2. The molecule has 1 atom stereocenters. The number of amides is 3. The maximum Gasteiger partial charge on any atom is 0.322 e. The number of urea groups is 1. The van der Waals surface area contributed by atoms with Gasteiger partial charge in [0.1, 0.15) is 0 Å². The Morgan fingerprint density at radius 2 is 1.70 bits per heavy atom. The summed E-state index contributed by atoms with van der Waals surface area (Å²) in [6, 6.07) is 17.1. The molecule has 6 rings (SSSR count). The lowest BCUT2D eigenvalue weighted by Gasteiger charge is -2.46. The number of carbonyl (C=O) groups excluding carboxylic acids is 2. The van der Waals surface area contributed by atoms with Crippen LogP contribution in [0.15, 0.2) is 48.5 Å². The summed E-state index contributed by atoms with van der Waals surface area (Å²) in [7, 11) is 0. The van der Waals surface area contributed by atoms with E-state index in [0.29, 0.717) is 11.8 Å². The Hall–Kier alpha value is -2.62. The van der Waals surface area contributed by atoms with Gasteiger partial charge < -0.3 is 5.32 Å². The molecule has 2 aromatic rings. The zero-order chi connectivity index (χ0) is 20.3. The third-order valence-electron chi connectivity index (χ3n) is 8.21. The van der Waals surface area contributed by atoms with Crippen molar-refractivity contribution in [2.45, 2.75) is 62.8 Å². The minimum absolute atomic E-state index is 0.138. The van der Waals surface area contributed by atoms with Crippen molar-refractivity contribution in [1.29, 1.82) is 0 Å². The van der Waals surface area contributed by atoms with Crippen LogP contribution in [0.1, 0.15) is 66.7 Å². The highest BCUT2D eigenvalue weighted by Gasteiger charge is 2.66. The highest BCUT2D eigenvalue weighted by Crippen LogP contribution is 2.60. The van der Waals surface area contributed by atoms with Crippen LogP contribution in [0.25, 0.3) is 0 Å². The number of nitrogens with one attached hydrogen (secondary N) is 2. The molecule has 3 aliphatic carbocycles. The van der Waals surface area contributed by atoms with Crippen LogP contribution < -0.4 is 10.6 Å². The second-order valence-corrected chi connectivity index (χ2v) is 9.94. The summed E-state index contributed by atoms with van der Waals surface area (Å²) in [6.45, 7) is 0. The van der Waals surface area contributed by atoms with Gasteiger partial charge in [-0.05, 0) is 85.5 Å². The van der Waals surface area contributed by atoms with Gasteiger partial charge in [0.25, 0.3) is 5.91 Å². The molecular formula is C26H28N2O2. The van der Waals surface area contributed by atoms with E-state index in [1.165, 1.54) is 29.5 Å². The molecule has 1 saturated heterocycles. The molecule has 1 aliphatic heterocycles. The quantitative estimate of drug-likeness (QED) is 0.741. The van der Waals surface area contributed by atoms with Crippen LogP contribution in [0, 0.1) is 11.3 Å². The van der Waals surface area contributed by atoms with Crippen LogP contribution in [0.3, 0.4) is 0 Å². The first-order valence-corrected chi connectivity index (χ1v) is 11.4. The minimum Gasteiger partial charge on any atom is -0.319 e. The van der Waals surface area contributed by atoms with Gasteiger partial charge in [0.2, 0.25) is 0 Å². The number of benzene rings is 2. The summed E-state index contributed by atoms with van der Waals surface area (Å²) in [5, 5.41) is 5.74. The molecule has 30 heavy (non-hydrogen) atoms. The van der Waals surface area contributed by atoms with E-state index in [9.17, 15) is 9.59 Å². The van der Waals surface area contributed by atoms with Crippen molar-refractivity contribution in [3.8, 4) is 0 Å². The smallest absolute Gasteiger partial charge is 0.319 e. The van der Waals surface area contributed by atoms with Crippen molar-refractivity contribution in [2.75, 3.05) is 0 Å². The van der Waals surface area contributed by atoms with E-state index in [0.717, 1.165) is 44.1 Å². The first-order chi connectivity index (χ1) is 14.6. The van der Waals surface area contributed by atoms with Gasteiger partial charge in [-0.3, -0.25) is 10.1 Å². The van der Waals surface area contributed by atoms with Gasteiger partial charge >= 0.3 is 6.03 Å². The summed E-state index contributed by atoms with van der Waals surface area (Å²) in [5.41, 5.74) is 3.94. The molecule has 0 bridgehead atoms. The molecule has 4 heteroatoms. The van der Waals surface area contributed by atoms with Crippen LogP contribution in [-0.4, -0.2) is 11.9 Å². The van der Waals surface area contributed by atoms with E-state index in [1.807, 2.05) is 0 Å². The lowest BCUT2D eigenvalue weighted by atomic mass is 9.59. The van der Waals surface area contributed by atoms with Gasteiger partial charge in [-0.25, -0.2) is 4.79 Å². The Kier molecular flexibility index (Phi) is 3.90. The molecule has 2 N–H and O–H groups in total. The normalized spacial score (nSPS) is 32.3. The van der Waals surface area contributed by atoms with Crippen molar-refractivity contribution in [3.05, 3.63) is 70.8 Å². The number of rotatable bonds is 3. The predicted molar refractivity (Wildman–Crippen MR) is 115 cm³/mol. The maximum absolute atomic E-state index is 13.3. The fourth-order valence-electron chi connectivity index (χ4n) is 6.50. The summed E-state index contributed by atoms with van der Waals surface area (Å²) >= 11 is 0. The van der Waals surface area contributed by atoms with Crippen molar-refractivity contribution < 1.29 is 9.59 Å². The number of imide groups is 1. The largest absolute Gasteiger partial charge is 0.322 e. The Morgan fingerprint density at radius 3 is 2.37 bits per heavy atom. The van der Waals surface area contributed by atoms with E-state index in [4.69, 9.17) is 0 Å². The van der Waals surface area contributed by atoms with E-state index in [2.05, 4.69) is 59.2 Å². The monoisotopic (exact) mass is 400 g/mol. The zero-order valence-corrected chi connectivity index (χ0v) is 17.2. The minimum atomic E-state index is -0.887. The molecule has 2 saturated carbocycles. The fourth-order valence-corrected chi connectivity index (χ4v) is 6.50. The number of hydrogen-bond acceptors (Lipinski definition) is 2. The summed E-state index contributed by atoms with van der Waals surface area (Å²) in [5.74, 6) is 1.13. The van der Waals surface area contributed by atoms with Crippen LogP contribution in [0.2, 0.25) is 0 Å². The van der Waals surface area contributed by atoms with Crippen LogP contribution in [0.5, 0.6) is 0 Å². The number of fused-ring (bicyclic) bond motifs is 3. The van der Waals surface area contributed by atoms with Gasteiger partial charge in [0.15, 0.2) is 5.54 Å². The van der Waals surface area contributed by atoms with Crippen LogP contribution in [0.4, 0.5) is 4.79 Å². The molecule has 2 aromatic carbocycles. The SMILES string of the molecule is O=C1NC(=O)C2(N1)c1cc(C3CC3)ccc1CC21CCC(Cc2ccccc2)CC1. The molecule has 154 valence electrons. The van der Waals surface area contributed by atoms with Crippen LogP contribution >= 0.6 is 0 Å². The fraction of sp³-hybridized carbons (Fsp3) is 0.462. The third kappa shape index (κ3) is 2.59. The summed E-state index contributed by atoms with van der Waals surface area (Å²) < 4.78 is 0. The van der Waals surface area contributed by atoms with Crippen molar-refractivity contribution in [3.63, 3.8) is 0 Å². The molecule has 4 aliphatic rings.